The molecule has 0 saturated carbocycles. The van der Waals surface area contributed by atoms with Crippen LogP contribution in [0.15, 0.2) is 77.8 Å². The molecule has 4 aromatic rings. The Morgan fingerprint density at radius 2 is 1.73 bits per heavy atom. The zero-order chi connectivity index (χ0) is 26.0. The van der Waals surface area contributed by atoms with Gasteiger partial charge < -0.3 is 10.6 Å². The lowest BCUT2D eigenvalue weighted by molar-refractivity contribution is 0.0955. The third-order valence-electron chi connectivity index (χ3n) is 6.25. The number of carbonyl (C=O) groups excluding carboxylic acids is 1. The van der Waals surface area contributed by atoms with E-state index in [2.05, 4.69) is 15.6 Å². The maximum Gasteiger partial charge on any atom is 0.264 e. The smallest absolute Gasteiger partial charge is 0.264 e. The van der Waals surface area contributed by atoms with E-state index < -0.39 is 10.0 Å². The van der Waals surface area contributed by atoms with E-state index in [1.54, 1.807) is 36.5 Å². The van der Waals surface area contributed by atoms with Gasteiger partial charge >= 0.3 is 0 Å². The lowest BCUT2D eigenvalue weighted by Crippen LogP contribution is -2.36. The van der Waals surface area contributed by atoms with Crippen LogP contribution in [0.4, 0.5) is 11.4 Å². The summed E-state index contributed by atoms with van der Waals surface area (Å²) in [5.74, 6) is -0.214. The first-order valence-electron chi connectivity index (χ1n) is 11.8. The van der Waals surface area contributed by atoms with Gasteiger partial charge in [0.15, 0.2) is 0 Å². The van der Waals surface area contributed by atoms with Crippen molar-refractivity contribution in [1.82, 2.24) is 10.3 Å². The first kappa shape index (κ1) is 25.3. The van der Waals surface area contributed by atoms with Gasteiger partial charge in [-0.25, -0.2) is 8.42 Å². The Bertz CT molecular complexity index is 1580. The molecule has 190 valence electrons. The van der Waals surface area contributed by atoms with Crippen LogP contribution < -0.4 is 14.9 Å². The molecular formula is C27H24Cl2N4O3S. The zero-order valence-corrected chi connectivity index (χ0v) is 22.1. The standard InChI is InChI=1S/C27H24Cl2N4O3S/c28-20-4-7-22(8-5-20)37(35,36)33-15-1-2-18-16-19(3-10-26(18)33)27(34)32-14-13-31-24-11-12-30-25-17-21(29)6-9-23(24)25/h3-12,16-17H,1-2,13-15H2,(H,30,31)(H,32,34). The number of hydrogen-bond acceptors (Lipinski definition) is 5. The fourth-order valence-corrected chi connectivity index (χ4v) is 6.27. The highest BCUT2D eigenvalue weighted by atomic mass is 35.5. The van der Waals surface area contributed by atoms with Gasteiger partial charge in [-0.1, -0.05) is 23.2 Å². The van der Waals surface area contributed by atoms with Gasteiger partial charge in [-0.3, -0.25) is 14.1 Å². The fraction of sp³-hybridized carbons (Fsp3) is 0.185. The topological polar surface area (TPSA) is 91.4 Å². The van der Waals surface area contributed by atoms with Crippen molar-refractivity contribution in [2.24, 2.45) is 0 Å². The molecule has 2 heterocycles. The molecule has 0 spiro atoms. The van der Waals surface area contributed by atoms with Gasteiger partial charge in [0, 0.05) is 52.5 Å². The molecular weight excluding hydrogens is 531 g/mol. The molecule has 1 aliphatic heterocycles. The lowest BCUT2D eigenvalue weighted by atomic mass is 10.0. The average Bonchev–Trinajstić information content (AvgIpc) is 2.90. The van der Waals surface area contributed by atoms with Crippen molar-refractivity contribution in [2.45, 2.75) is 17.7 Å². The third kappa shape index (κ3) is 5.37. The van der Waals surface area contributed by atoms with Gasteiger partial charge in [0.05, 0.1) is 16.1 Å². The van der Waals surface area contributed by atoms with Crippen LogP contribution in [-0.2, 0) is 16.4 Å². The van der Waals surface area contributed by atoms with E-state index in [1.165, 1.54) is 16.4 Å². The number of aryl methyl sites for hydroxylation is 1. The number of carbonyl (C=O) groups is 1. The summed E-state index contributed by atoms with van der Waals surface area (Å²) in [4.78, 5) is 17.3. The number of fused-ring (bicyclic) bond motifs is 2. The molecule has 10 heteroatoms. The average molecular weight is 555 g/mol. The molecule has 1 amide bonds. The number of aromatic nitrogens is 1. The first-order chi connectivity index (χ1) is 17.8. The van der Waals surface area contributed by atoms with E-state index in [0.717, 1.165) is 22.2 Å². The van der Waals surface area contributed by atoms with Crippen molar-refractivity contribution in [3.05, 3.63) is 94.1 Å². The molecule has 1 aromatic heterocycles. The number of pyridine rings is 1. The van der Waals surface area contributed by atoms with Crippen molar-refractivity contribution in [3.8, 4) is 0 Å². The van der Waals surface area contributed by atoms with E-state index in [0.29, 0.717) is 53.8 Å². The molecule has 37 heavy (non-hydrogen) atoms. The van der Waals surface area contributed by atoms with Crippen LogP contribution in [0.1, 0.15) is 22.3 Å². The molecule has 0 fully saturated rings. The van der Waals surface area contributed by atoms with Crippen molar-refractivity contribution < 1.29 is 13.2 Å². The largest absolute Gasteiger partial charge is 0.383 e. The minimum Gasteiger partial charge on any atom is -0.383 e. The van der Waals surface area contributed by atoms with Gasteiger partial charge in [0.25, 0.3) is 15.9 Å². The second-order valence-electron chi connectivity index (χ2n) is 8.68. The van der Waals surface area contributed by atoms with Gasteiger partial charge in [-0.15, -0.1) is 0 Å². The van der Waals surface area contributed by atoms with Crippen LogP contribution >= 0.6 is 23.2 Å². The molecule has 5 rings (SSSR count). The van der Waals surface area contributed by atoms with Gasteiger partial charge in [-0.05, 0) is 85.1 Å². The van der Waals surface area contributed by atoms with Gasteiger partial charge in [0.1, 0.15) is 0 Å². The number of benzene rings is 3. The Morgan fingerprint density at radius 1 is 0.946 bits per heavy atom. The van der Waals surface area contributed by atoms with Crippen LogP contribution in [0.2, 0.25) is 10.0 Å². The Morgan fingerprint density at radius 3 is 2.54 bits per heavy atom. The van der Waals surface area contributed by atoms with Crippen LogP contribution in [0.5, 0.6) is 0 Å². The predicted octanol–water partition coefficient (Wildman–Crippen LogP) is 5.53. The molecule has 3 aromatic carbocycles. The summed E-state index contributed by atoms with van der Waals surface area (Å²) >= 11 is 12.0. The molecule has 0 unspecified atom stereocenters. The molecule has 2 N–H and O–H groups in total. The minimum atomic E-state index is -3.73. The first-order valence-corrected chi connectivity index (χ1v) is 14.0. The van der Waals surface area contributed by atoms with Crippen LogP contribution in [0.3, 0.4) is 0 Å². The molecule has 0 atom stereocenters. The Labute approximate surface area is 225 Å². The molecule has 0 saturated heterocycles. The molecule has 0 bridgehead atoms. The summed E-state index contributed by atoms with van der Waals surface area (Å²) in [6.07, 6.45) is 3.08. The minimum absolute atomic E-state index is 0.184. The van der Waals surface area contributed by atoms with Crippen molar-refractivity contribution in [1.29, 1.82) is 0 Å². The molecule has 0 aliphatic carbocycles. The Hall–Kier alpha value is -3.33. The Kier molecular flexibility index (Phi) is 7.24. The van der Waals surface area contributed by atoms with E-state index >= 15 is 0 Å². The third-order valence-corrected chi connectivity index (χ3v) is 8.56. The Balaban J connectivity index is 1.24. The number of nitrogens with zero attached hydrogens (tertiary/aromatic N) is 2. The number of nitrogens with one attached hydrogen (secondary N) is 2. The fourth-order valence-electron chi connectivity index (χ4n) is 4.44. The second-order valence-corrected chi connectivity index (χ2v) is 11.4. The number of sulfonamides is 1. The number of anilines is 2. The van der Waals surface area contributed by atoms with E-state index in [-0.39, 0.29) is 10.8 Å². The molecule has 1 aliphatic rings. The van der Waals surface area contributed by atoms with Gasteiger partial charge in [-0.2, -0.15) is 0 Å². The van der Waals surface area contributed by atoms with Crippen LogP contribution in [-0.4, -0.2) is 38.9 Å². The number of amides is 1. The summed E-state index contributed by atoms with van der Waals surface area (Å²) in [7, 11) is -3.73. The normalized spacial score (nSPS) is 13.3. The maximum absolute atomic E-state index is 13.3. The van der Waals surface area contributed by atoms with Crippen molar-refractivity contribution >= 4 is 61.4 Å². The lowest BCUT2D eigenvalue weighted by Gasteiger charge is -2.30. The summed E-state index contributed by atoms with van der Waals surface area (Å²) in [5.41, 5.74) is 3.63. The second kappa shape index (κ2) is 10.6. The van der Waals surface area contributed by atoms with E-state index in [9.17, 15) is 13.2 Å². The summed E-state index contributed by atoms with van der Waals surface area (Å²) in [6, 6.07) is 18.7. The molecule has 7 nitrogen and oxygen atoms in total. The highest BCUT2D eigenvalue weighted by Crippen LogP contribution is 2.33. The summed E-state index contributed by atoms with van der Waals surface area (Å²) in [6.45, 7) is 1.31. The number of rotatable bonds is 7. The van der Waals surface area contributed by atoms with Gasteiger partial charge in [0.2, 0.25) is 0 Å². The number of hydrogen-bond donors (Lipinski definition) is 2. The van der Waals surface area contributed by atoms with Crippen LogP contribution in [0, 0.1) is 0 Å². The van der Waals surface area contributed by atoms with E-state index in [1.807, 2.05) is 24.3 Å². The van der Waals surface area contributed by atoms with Crippen molar-refractivity contribution in [2.75, 3.05) is 29.3 Å². The van der Waals surface area contributed by atoms with E-state index in [4.69, 9.17) is 23.2 Å². The van der Waals surface area contributed by atoms with Crippen LogP contribution in [0.25, 0.3) is 10.9 Å². The highest BCUT2D eigenvalue weighted by molar-refractivity contribution is 7.92. The number of halogens is 2. The zero-order valence-electron chi connectivity index (χ0n) is 19.7. The summed E-state index contributed by atoms with van der Waals surface area (Å²) < 4.78 is 27.9. The maximum atomic E-state index is 13.3. The predicted molar refractivity (Wildman–Crippen MR) is 148 cm³/mol. The highest BCUT2D eigenvalue weighted by Gasteiger charge is 2.29. The van der Waals surface area contributed by atoms with Crippen molar-refractivity contribution in [3.63, 3.8) is 0 Å². The monoisotopic (exact) mass is 554 g/mol. The summed E-state index contributed by atoms with van der Waals surface area (Å²) in [5, 5.41) is 8.30. The quantitative estimate of drug-likeness (QED) is 0.293. The SMILES string of the molecule is O=C(NCCNc1ccnc2cc(Cl)ccc12)c1ccc2c(c1)CCCN2S(=O)(=O)c1ccc(Cl)cc1. The molecule has 0 radical (unpaired) electrons.